The van der Waals surface area contributed by atoms with Crippen LogP contribution >= 0.6 is 0 Å². The normalized spacial score (nSPS) is 17.2. The van der Waals surface area contributed by atoms with E-state index in [1.54, 1.807) is 42.6 Å². The van der Waals surface area contributed by atoms with Gasteiger partial charge in [0.2, 0.25) is 0 Å². The number of piperazine rings is 1. The van der Waals surface area contributed by atoms with E-state index < -0.39 is 0 Å². The van der Waals surface area contributed by atoms with Crippen molar-refractivity contribution >= 4 is 28.4 Å². The van der Waals surface area contributed by atoms with Crippen molar-refractivity contribution in [3.63, 3.8) is 0 Å². The molecule has 2 amide bonds. The third kappa shape index (κ3) is 7.34. The van der Waals surface area contributed by atoms with Crippen molar-refractivity contribution in [1.29, 1.82) is 5.26 Å². The van der Waals surface area contributed by atoms with Crippen LogP contribution < -0.4 is 25.0 Å². The molecule has 11 nitrogen and oxygen atoms in total. The third-order valence-electron chi connectivity index (χ3n) is 7.49. The van der Waals surface area contributed by atoms with Crippen molar-refractivity contribution in [3.8, 4) is 17.6 Å². The van der Waals surface area contributed by atoms with Crippen LogP contribution in [0.4, 0.5) is 16.3 Å². The van der Waals surface area contributed by atoms with E-state index in [9.17, 15) is 4.79 Å². The maximum absolute atomic E-state index is 12.8. The lowest BCUT2D eigenvalue weighted by molar-refractivity contribution is 0.143. The van der Waals surface area contributed by atoms with E-state index in [2.05, 4.69) is 31.6 Å². The van der Waals surface area contributed by atoms with Crippen LogP contribution in [0.5, 0.6) is 11.5 Å². The van der Waals surface area contributed by atoms with Crippen molar-refractivity contribution in [2.45, 2.75) is 31.7 Å². The van der Waals surface area contributed by atoms with E-state index in [4.69, 9.17) is 19.5 Å². The van der Waals surface area contributed by atoms with Gasteiger partial charge in [-0.3, -0.25) is 0 Å². The van der Waals surface area contributed by atoms with Gasteiger partial charge in [-0.2, -0.15) is 5.26 Å². The van der Waals surface area contributed by atoms with Crippen LogP contribution in [0.15, 0.2) is 42.7 Å². The van der Waals surface area contributed by atoms with Crippen molar-refractivity contribution in [2.75, 3.05) is 69.9 Å². The minimum atomic E-state index is -0.166. The average Bonchev–Trinajstić information content (AvgIpc) is 3.02. The summed E-state index contributed by atoms with van der Waals surface area (Å²) in [6.07, 6.45) is 6.19. The molecular weight excluding hydrogens is 522 g/mol. The summed E-state index contributed by atoms with van der Waals surface area (Å²) in [6.45, 7) is 4.87. The molecule has 5 rings (SSSR count). The predicted molar refractivity (Wildman–Crippen MR) is 157 cm³/mol. The smallest absolute Gasteiger partial charge is 0.321 e. The summed E-state index contributed by atoms with van der Waals surface area (Å²) >= 11 is 0. The minimum Gasteiger partial charge on any atom is -0.490 e. The van der Waals surface area contributed by atoms with E-state index in [0.29, 0.717) is 74.8 Å². The number of nitriles is 1. The molecule has 41 heavy (non-hydrogen) atoms. The number of nitrogens with one attached hydrogen (secondary N) is 2. The monoisotopic (exact) mass is 559 g/mol. The number of benzene rings is 2. The number of anilines is 2. The summed E-state index contributed by atoms with van der Waals surface area (Å²) in [5, 5.41) is 16.3. The highest BCUT2D eigenvalue weighted by atomic mass is 16.5. The SMILES string of the molecule is COCCOc1cc2c(N3CCN(C(=O)Nc4ccc(C#N)cc4)CC3)ncnc2cc1OCCC1CCCCN1. The molecule has 3 aromatic rings. The lowest BCUT2D eigenvalue weighted by Crippen LogP contribution is -2.50. The molecule has 1 unspecified atom stereocenters. The zero-order valence-electron chi connectivity index (χ0n) is 23.5. The number of piperidine rings is 1. The van der Waals surface area contributed by atoms with Gasteiger partial charge in [0.1, 0.15) is 18.8 Å². The van der Waals surface area contributed by atoms with Crippen molar-refractivity contribution in [2.24, 2.45) is 0 Å². The Morgan fingerprint density at radius 3 is 2.56 bits per heavy atom. The van der Waals surface area contributed by atoms with Gasteiger partial charge in [0.05, 0.1) is 30.4 Å². The molecule has 0 spiro atoms. The molecule has 11 heteroatoms. The molecular formula is C30H37N7O4. The van der Waals surface area contributed by atoms with Gasteiger partial charge in [-0.1, -0.05) is 6.42 Å². The topological polar surface area (TPSA) is 125 Å². The Labute approximate surface area is 240 Å². The fourth-order valence-electron chi connectivity index (χ4n) is 5.20. The molecule has 1 atom stereocenters. The van der Waals surface area contributed by atoms with E-state index in [0.717, 1.165) is 29.7 Å². The zero-order valence-corrected chi connectivity index (χ0v) is 23.5. The number of hydrogen-bond acceptors (Lipinski definition) is 9. The summed E-state index contributed by atoms with van der Waals surface area (Å²) in [7, 11) is 1.65. The first-order chi connectivity index (χ1) is 20.1. The number of nitrogens with zero attached hydrogens (tertiary/aromatic N) is 5. The Hall–Kier alpha value is -4.14. The van der Waals surface area contributed by atoms with E-state index >= 15 is 0 Å². The van der Waals surface area contributed by atoms with Crippen molar-refractivity contribution in [1.82, 2.24) is 20.2 Å². The van der Waals surface area contributed by atoms with Gasteiger partial charge < -0.3 is 34.6 Å². The first-order valence-corrected chi connectivity index (χ1v) is 14.2. The largest absolute Gasteiger partial charge is 0.490 e. The Morgan fingerprint density at radius 1 is 1.05 bits per heavy atom. The van der Waals surface area contributed by atoms with Crippen LogP contribution in [0, 0.1) is 11.3 Å². The number of ether oxygens (including phenoxy) is 3. The lowest BCUT2D eigenvalue weighted by Gasteiger charge is -2.35. The summed E-state index contributed by atoms with van der Waals surface area (Å²) in [4.78, 5) is 25.9. The molecule has 2 N–H and O–H groups in total. The number of carbonyl (C=O) groups excluding carboxylic acids is 1. The second-order valence-corrected chi connectivity index (χ2v) is 10.2. The molecule has 1 aromatic heterocycles. The number of methoxy groups -OCH3 is 1. The number of fused-ring (bicyclic) bond motifs is 1. The number of urea groups is 1. The molecule has 3 heterocycles. The molecule has 0 radical (unpaired) electrons. The molecule has 216 valence electrons. The van der Waals surface area contributed by atoms with Crippen molar-refractivity contribution in [3.05, 3.63) is 48.3 Å². The van der Waals surface area contributed by atoms with Crippen LogP contribution in [-0.4, -0.2) is 86.6 Å². The Bertz CT molecular complexity index is 1350. The number of rotatable bonds is 10. The Balaban J connectivity index is 1.26. The zero-order chi connectivity index (χ0) is 28.4. The maximum atomic E-state index is 12.8. The minimum absolute atomic E-state index is 0.166. The number of carbonyl (C=O) groups is 1. The highest BCUT2D eigenvalue weighted by molar-refractivity contribution is 5.92. The highest BCUT2D eigenvalue weighted by Gasteiger charge is 2.24. The molecule has 2 saturated heterocycles. The molecule has 0 bridgehead atoms. The third-order valence-corrected chi connectivity index (χ3v) is 7.49. The second-order valence-electron chi connectivity index (χ2n) is 10.2. The van der Waals surface area contributed by atoms with Crippen LogP contribution in [0.2, 0.25) is 0 Å². The second kappa shape index (κ2) is 14.0. The van der Waals surface area contributed by atoms with Crippen LogP contribution in [0.3, 0.4) is 0 Å². The first kappa shape index (κ1) is 28.4. The molecule has 2 aliphatic rings. The Morgan fingerprint density at radius 2 is 1.83 bits per heavy atom. The van der Waals surface area contributed by atoms with E-state index in [-0.39, 0.29) is 6.03 Å². The molecule has 2 aromatic carbocycles. The van der Waals surface area contributed by atoms with Gasteiger partial charge in [-0.05, 0) is 56.1 Å². The quantitative estimate of drug-likeness (QED) is 0.357. The first-order valence-electron chi connectivity index (χ1n) is 14.2. The van der Waals surface area contributed by atoms with Gasteiger partial charge in [-0.25, -0.2) is 14.8 Å². The standard InChI is InChI=1S/C30H37N7O4/c1-39-16-17-41-27-18-25-26(19-28(27)40-15-9-23-4-2-3-10-32-23)33-21-34-29(25)36-11-13-37(14-12-36)30(38)35-24-7-5-22(20-31)6-8-24/h5-8,18-19,21,23,32H,2-4,9-17H2,1H3,(H,35,38). The van der Waals surface area contributed by atoms with Crippen LogP contribution in [-0.2, 0) is 4.74 Å². The fraction of sp³-hybridized carbons (Fsp3) is 0.467. The van der Waals surface area contributed by atoms with Gasteiger partial charge in [-0.15, -0.1) is 0 Å². The molecule has 2 fully saturated rings. The fourth-order valence-corrected chi connectivity index (χ4v) is 5.20. The molecule has 0 aliphatic carbocycles. The summed E-state index contributed by atoms with van der Waals surface area (Å²) in [5.41, 5.74) is 1.99. The van der Waals surface area contributed by atoms with Gasteiger partial charge >= 0.3 is 6.03 Å². The Kier molecular flexibility index (Phi) is 9.67. The summed E-state index contributed by atoms with van der Waals surface area (Å²) in [6, 6.07) is 13.1. The van der Waals surface area contributed by atoms with E-state index in [1.165, 1.54) is 19.3 Å². The number of aromatic nitrogens is 2. The number of amides is 2. The van der Waals surface area contributed by atoms with Gasteiger partial charge in [0, 0.05) is 56.5 Å². The molecule has 2 aliphatic heterocycles. The average molecular weight is 560 g/mol. The highest BCUT2D eigenvalue weighted by Crippen LogP contribution is 2.36. The maximum Gasteiger partial charge on any atom is 0.321 e. The number of hydrogen-bond donors (Lipinski definition) is 2. The van der Waals surface area contributed by atoms with Crippen LogP contribution in [0.1, 0.15) is 31.2 Å². The van der Waals surface area contributed by atoms with Gasteiger partial charge in [0.15, 0.2) is 11.5 Å². The lowest BCUT2D eigenvalue weighted by atomic mass is 10.0. The van der Waals surface area contributed by atoms with Crippen LogP contribution in [0.25, 0.3) is 10.9 Å². The van der Waals surface area contributed by atoms with Gasteiger partial charge in [0.25, 0.3) is 0 Å². The summed E-state index contributed by atoms with van der Waals surface area (Å²) < 4.78 is 17.5. The van der Waals surface area contributed by atoms with E-state index in [1.807, 2.05) is 12.1 Å². The summed E-state index contributed by atoms with van der Waals surface area (Å²) in [5.74, 6) is 2.11. The van der Waals surface area contributed by atoms with Crippen molar-refractivity contribution < 1.29 is 19.0 Å². The predicted octanol–water partition coefficient (Wildman–Crippen LogP) is 3.79. The molecule has 0 saturated carbocycles.